The lowest BCUT2D eigenvalue weighted by molar-refractivity contribution is -0.112. The van der Waals surface area contributed by atoms with E-state index in [0.29, 0.717) is 11.7 Å². The van der Waals surface area contributed by atoms with Crippen LogP contribution in [0.2, 0.25) is 0 Å². The van der Waals surface area contributed by atoms with Crippen molar-refractivity contribution in [3.8, 4) is 16.6 Å². The van der Waals surface area contributed by atoms with Crippen LogP contribution >= 0.6 is 22.7 Å². The molecule has 0 atom stereocenters. The van der Waals surface area contributed by atoms with Gasteiger partial charge in [-0.1, -0.05) is 54.6 Å². The van der Waals surface area contributed by atoms with Crippen LogP contribution in [0, 0.1) is 11.3 Å². The van der Waals surface area contributed by atoms with Crippen molar-refractivity contribution in [3.05, 3.63) is 100 Å². The summed E-state index contributed by atoms with van der Waals surface area (Å²) in [7, 11) is 0. The lowest BCUT2D eigenvalue weighted by Crippen LogP contribution is -2.13. The van der Waals surface area contributed by atoms with Crippen molar-refractivity contribution in [3.63, 3.8) is 0 Å². The van der Waals surface area contributed by atoms with Gasteiger partial charge < -0.3 is 4.57 Å². The van der Waals surface area contributed by atoms with Gasteiger partial charge in [0, 0.05) is 34.6 Å². The van der Waals surface area contributed by atoms with E-state index in [-0.39, 0.29) is 5.57 Å². The molecule has 0 aliphatic rings. The third-order valence-corrected chi connectivity index (χ3v) is 6.83. The third-order valence-electron chi connectivity index (χ3n) is 5.18. The highest BCUT2D eigenvalue weighted by atomic mass is 32.1. The standard InChI is InChI=1S/C26H18N4OS2/c27-14-19(25(31)29-26-28-22(17-33-26)24-11-6-12-32-24)13-20-16-30(15-18-7-2-1-3-8-18)23-10-5-4-9-21(20)23/h1-13,16-17H,15H2,(H,28,29,31)/b19-13+. The second kappa shape index (κ2) is 9.25. The molecule has 1 N–H and O–H groups in total. The van der Waals surface area contributed by atoms with E-state index in [4.69, 9.17) is 0 Å². The first-order valence-corrected chi connectivity index (χ1v) is 12.0. The number of fused-ring (bicyclic) bond motifs is 1. The van der Waals surface area contributed by atoms with Gasteiger partial charge in [-0.2, -0.15) is 5.26 Å². The molecule has 0 saturated heterocycles. The topological polar surface area (TPSA) is 70.7 Å². The second-order valence-corrected chi connectivity index (χ2v) is 9.16. The minimum atomic E-state index is -0.468. The molecule has 0 aliphatic carbocycles. The van der Waals surface area contributed by atoms with Crippen LogP contribution in [0.15, 0.2) is 89.3 Å². The largest absolute Gasteiger partial charge is 0.342 e. The molecule has 3 heterocycles. The maximum absolute atomic E-state index is 12.8. The number of thiophene rings is 1. The van der Waals surface area contributed by atoms with Gasteiger partial charge >= 0.3 is 0 Å². The highest BCUT2D eigenvalue weighted by molar-refractivity contribution is 7.16. The Morgan fingerprint density at radius 3 is 2.67 bits per heavy atom. The molecule has 3 aromatic heterocycles. The van der Waals surface area contributed by atoms with E-state index in [1.165, 1.54) is 16.9 Å². The summed E-state index contributed by atoms with van der Waals surface area (Å²) < 4.78 is 2.14. The molecule has 5 rings (SSSR count). The van der Waals surface area contributed by atoms with Gasteiger partial charge in [0.25, 0.3) is 5.91 Å². The first-order chi connectivity index (χ1) is 16.2. The molecule has 0 fully saturated rings. The highest BCUT2D eigenvalue weighted by Gasteiger charge is 2.15. The Hall–Kier alpha value is -3.99. The fourth-order valence-electron chi connectivity index (χ4n) is 3.64. The molecular weight excluding hydrogens is 448 g/mol. The summed E-state index contributed by atoms with van der Waals surface area (Å²) in [5.41, 5.74) is 3.90. The summed E-state index contributed by atoms with van der Waals surface area (Å²) in [6.45, 7) is 0.702. The number of carbonyl (C=O) groups excluding carboxylic acids is 1. The molecule has 0 aliphatic heterocycles. The summed E-state index contributed by atoms with van der Waals surface area (Å²) in [4.78, 5) is 18.3. The van der Waals surface area contributed by atoms with E-state index < -0.39 is 5.91 Å². The molecule has 0 saturated carbocycles. The molecule has 0 unspecified atom stereocenters. The molecule has 33 heavy (non-hydrogen) atoms. The highest BCUT2D eigenvalue weighted by Crippen LogP contribution is 2.29. The van der Waals surface area contributed by atoms with Gasteiger partial charge in [0.1, 0.15) is 11.6 Å². The number of carbonyl (C=O) groups is 1. The van der Waals surface area contributed by atoms with Gasteiger partial charge in [-0.3, -0.25) is 10.1 Å². The SMILES string of the molecule is N#C/C(=C\c1cn(Cc2ccccc2)c2ccccc12)C(=O)Nc1nc(-c2cccs2)cs1. The Kier molecular flexibility index (Phi) is 5.85. The number of hydrogen-bond donors (Lipinski definition) is 1. The zero-order valence-electron chi connectivity index (χ0n) is 17.4. The van der Waals surface area contributed by atoms with Crippen LogP contribution in [-0.4, -0.2) is 15.5 Å². The predicted molar refractivity (Wildman–Crippen MR) is 135 cm³/mol. The summed E-state index contributed by atoms with van der Waals surface area (Å²) in [6.07, 6.45) is 3.63. The first-order valence-electron chi connectivity index (χ1n) is 10.3. The van der Waals surface area contributed by atoms with Crippen LogP contribution in [0.1, 0.15) is 11.1 Å². The quantitative estimate of drug-likeness (QED) is 0.232. The summed E-state index contributed by atoms with van der Waals surface area (Å²) >= 11 is 2.93. The number of amides is 1. The smallest absolute Gasteiger partial charge is 0.268 e. The van der Waals surface area contributed by atoms with E-state index >= 15 is 0 Å². The summed E-state index contributed by atoms with van der Waals surface area (Å²) in [5, 5.41) is 17.8. The number of para-hydroxylation sites is 1. The average Bonchev–Trinajstić information content (AvgIpc) is 3.59. The van der Waals surface area contributed by atoms with Gasteiger partial charge in [0.05, 0.1) is 10.6 Å². The van der Waals surface area contributed by atoms with E-state index in [1.54, 1.807) is 17.4 Å². The van der Waals surface area contributed by atoms with Crippen molar-refractivity contribution in [2.24, 2.45) is 0 Å². The molecule has 1 amide bonds. The number of nitrogens with one attached hydrogen (secondary N) is 1. The zero-order valence-corrected chi connectivity index (χ0v) is 19.1. The van der Waals surface area contributed by atoms with Gasteiger partial charge in [-0.05, 0) is 29.2 Å². The van der Waals surface area contributed by atoms with E-state index in [9.17, 15) is 10.1 Å². The number of anilines is 1. The number of nitrogens with zero attached hydrogens (tertiary/aromatic N) is 3. The van der Waals surface area contributed by atoms with Gasteiger partial charge in [0.2, 0.25) is 0 Å². The Morgan fingerprint density at radius 2 is 1.88 bits per heavy atom. The lowest BCUT2D eigenvalue weighted by atomic mass is 10.1. The number of thiazole rings is 1. The van der Waals surface area contributed by atoms with Crippen molar-refractivity contribution in [1.82, 2.24) is 9.55 Å². The van der Waals surface area contributed by atoms with Crippen molar-refractivity contribution in [1.29, 1.82) is 5.26 Å². The van der Waals surface area contributed by atoms with Gasteiger partial charge in [-0.15, -0.1) is 22.7 Å². The van der Waals surface area contributed by atoms with E-state index in [0.717, 1.165) is 27.0 Å². The Bertz CT molecular complexity index is 1490. The molecule has 5 aromatic rings. The lowest BCUT2D eigenvalue weighted by Gasteiger charge is -2.05. The second-order valence-electron chi connectivity index (χ2n) is 7.35. The van der Waals surface area contributed by atoms with E-state index in [2.05, 4.69) is 27.0 Å². The Labute approximate surface area is 198 Å². The maximum Gasteiger partial charge on any atom is 0.268 e. The fraction of sp³-hybridized carbons (Fsp3) is 0.0385. The Morgan fingerprint density at radius 1 is 1.06 bits per heavy atom. The van der Waals surface area contributed by atoms with Crippen molar-refractivity contribution >= 4 is 50.7 Å². The van der Waals surface area contributed by atoms with Crippen LogP contribution in [0.5, 0.6) is 0 Å². The molecule has 160 valence electrons. The predicted octanol–water partition coefficient (Wildman–Crippen LogP) is 6.42. The van der Waals surface area contributed by atoms with Crippen molar-refractivity contribution in [2.75, 3.05) is 5.32 Å². The minimum absolute atomic E-state index is 0.0329. The fourth-order valence-corrected chi connectivity index (χ4v) is 5.10. The molecule has 2 aromatic carbocycles. The summed E-state index contributed by atoms with van der Waals surface area (Å²) in [6, 6.07) is 24.2. The monoisotopic (exact) mass is 466 g/mol. The van der Waals surface area contributed by atoms with Crippen LogP contribution in [0.25, 0.3) is 27.6 Å². The average molecular weight is 467 g/mol. The maximum atomic E-state index is 12.8. The number of benzene rings is 2. The minimum Gasteiger partial charge on any atom is -0.342 e. The molecule has 7 heteroatoms. The van der Waals surface area contributed by atoms with Gasteiger partial charge in [-0.25, -0.2) is 4.98 Å². The van der Waals surface area contributed by atoms with Crippen LogP contribution in [0.3, 0.4) is 0 Å². The van der Waals surface area contributed by atoms with Crippen LogP contribution in [0.4, 0.5) is 5.13 Å². The van der Waals surface area contributed by atoms with Crippen molar-refractivity contribution < 1.29 is 4.79 Å². The number of rotatable bonds is 6. The summed E-state index contributed by atoms with van der Waals surface area (Å²) in [5.74, 6) is -0.468. The zero-order chi connectivity index (χ0) is 22.6. The number of aromatic nitrogens is 2. The number of nitriles is 1. The molecule has 5 nitrogen and oxygen atoms in total. The molecular formula is C26H18N4OS2. The van der Waals surface area contributed by atoms with Gasteiger partial charge in [0.15, 0.2) is 5.13 Å². The normalized spacial score (nSPS) is 11.4. The Balaban J connectivity index is 1.43. The molecule has 0 radical (unpaired) electrons. The van der Waals surface area contributed by atoms with E-state index in [1.807, 2.05) is 77.6 Å². The number of hydrogen-bond acceptors (Lipinski definition) is 5. The third kappa shape index (κ3) is 4.48. The van der Waals surface area contributed by atoms with Crippen LogP contribution in [-0.2, 0) is 11.3 Å². The first kappa shape index (κ1) is 20.9. The molecule has 0 bridgehead atoms. The van der Waals surface area contributed by atoms with Crippen molar-refractivity contribution in [2.45, 2.75) is 6.54 Å². The molecule has 0 spiro atoms. The van der Waals surface area contributed by atoms with Crippen LogP contribution < -0.4 is 5.32 Å².